The quantitative estimate of drug-likeness (QED) is 0.424. The van der Waals surface area contributed by atoms with Gasteiger partial charge in [0.15, 0.2) is 11.5 Å². The number of methoxy groups -OCH3 is 1. The van der Waals surface area contributed by atoms with E-state index in [9.17, 15) is 0 Å². The summed E-state index contributed by atoms with van der Waals surface area (Å²) in [4.78, 5) is 12.0. The van der Waals surface area contributed by atoms with Crippen LogP contribution in [-0.2, 0) is 9.47 Å². The van der Waals surface area contributed by atoms with Crippen LogP contribution >= 0.6 is 0 Å². The highest BCUT2D eigenvalue weighted by molar-refractivity contribution is 5.88. The van der Waals surface area contributed by atoms with Gasteiger partial charge in [-0.05, 0) is 49.6 Å². The van der Waals surface area contributed by atoms with Crippen LogP contribution in [0.4, 0.5) is 0 Å². The van der Waals surface area contributed by atoms with Crippen molar-refractivity contribution >= 4 is 21.8 Å². The van der Waals surface area contributed by atoms with Gasteiger partial charge in [0.05, 0.1) is 24.6 Å². The second-order valence-electron chi connectivity index (χ2n) is 8.63. The van der Waals surface area contributed by atoms with Gasteiger partial charge in [-0.3, -0.25) is 5.32 Å². The Labute approximate surface area is 196 Å². The molecular formula is C25H26N4O5. The molecule has 176 valence electrons. The zero-order valence-corrected chi connectivity index (χ0v) is 19.0. The first kappa shape index (κ1) is 21.2. The minimum absolute atomic E-state index is 0.00259. The number of aryl methyl sites for hydroxylation is 1. The summed E-state index contributed by atoms with van der Waals surface area (Å²) in [6, 6.07) is 9.95. The van der Waals surface area contributed by atoms with E-state index in [0.29, 0.717) is 42.6 Å². The molecule has 3 atom stereocenters. The number of fused-ring (bicyclic) bond motifs is 3. The highest BCUT2D eigenvalue weighted by Crippen LogP contribution is 2.37. The number of nitrogens with one attached hydrogen (secondary N) is 2. The van der Waals surface area contributed by atoms with E-state index in [1.165, 1.54) is 6.33 Å². The number of benzene rings is 2. The maximum Gasteiger partial charge on any atom is 0.230 e. The normalized spacial score (nSPS) is 21.8. The molecule has 2 N–H and O–H groups in total. The molecule has 0 bridgehead atoms. The standard InChI is InChI=1S/C25H26N4O5/c1-14-11-26-19-4-3-16(8-17(14)19)34-24-18-9-21(30-2)22(10-20(18)27-12-28-24)31-6-5-15-7-23-25(29-15)33-13-32-23/h3-4,8-12,15,23,25-26,29H,5-7,13H2,1-2H3. The lowest BCUT2D eigenvalue weighted by Crippen LogP contribution is -2.32. The molecule has 9 nitrogen and oxygen atoms in total. The van der Waals surface area contributed by atoms with Crippen molar-refractivity contribution in [2.75, 3.05) is 20.5 Å². The lowest BCUT2D eigenvalue weighted by molar-refractivity contribution is 0.0194. The van der Waals surface area contributed by atoms with Gasteiger partial charge in [-0.15, -0.1) is 0 Å². The van der Waals surface area contributed by atoms with E-state index in [2.05, 4.69) is 27.2 Å². The topological polar surface area (TPSA) is 99.8 Å². The van der Waals surface area contributed by atoms with Crippen LogP contribution in [0.3, 0.4) is 0 Å². The molecule has 2 aliphatic rings. The van der Waals surface area contributed by atoms with E-state index in [-0.39, 0.29) is 12.3 Å². The Morgan fingerprint density at radius 1 is 1.09 bits per heavy atom. The minimum Gasteiger partial charge on any atom is -0.493 e. The van der Waals surface area contributed by atoms with Crippen molar-refractivity contribution < 1.29 is 23.7 Å². The molecular weight excluding hydrogens is 436 g/mol. The molecule has 34 heavy (non-hydrogen) atoms. The minimum atomic E-state index is -0.00259. The highest BCUT2D eigenvalue weighted by atomic mass is 16.7. The molecule has 0 saturated carbocycles. The average Bonchev–Trinajstić information content (AvgIpc) is 3.54. The van der Waals surface area contributed by atoms with Gasteiger partial charge in [0.2, 0.25) is 5.88 Å². The third kappa shape index (κ3) is 3.91. The largest absolute Gasteiger partial charge is 0.493 e. The number of rotatable bonds is 7. The van der Waals surface area contributed by atoms with Crippen molar-refractivity contribution in [3.8, 4) is 23.1 Å². The fourth-order valence-corrected chi connectivity index (χ4v) is 4.64. The average molecular weight is 463 g/mol. The van der Waals surface area contributed by atoms with Crippen LogP contribution in [0.25, 0.3) is 21.8 Å². The molecule has 0 spiro atoms. The predicted molar refractivity (Wildman–Crippen MR) is 125 cm³/mol. The van der Waals surface area contributed by atoms with Crippen LogP contribution in [0.15, 0.2) is 42.9 Å². The number of aromatic amines is 1. The molecule has 0 radical (unpaired) electrons. The van der Waals surface area contributed by atoms with E-state index >= 15 is 0 Å². The van der Waals surface area contributed by atoms with Gasteiger partial charge in [0.1, 0.15) is 31.2 Å². The molecule has 3 unspecified atom stereocenters. The second kappa shape index (κ2) is 8.75. The van der Waals surface area contributed by atoms with Crippen LogP contribution < -0.4 is 19.5 Å². The number of H-pyrrole nitrogens is 1. The SMILES string of the molecule is COc1cc2c(Oc3ccc4[nH]cc(C)c4c3)ncnc2cc1OCCC1CC2OCOC2N1. The van der Waals surface area contributed by atoms with Gasteiger partial charge >= 0.3 is 0 Å². The Hall–Kier alpha value is -3.40. The molecule has 2 aromatic carbocycles. The number of hydrogen-bond donors (Lipinski definition) is 2. The highest BCUT2D eigenvalue weighted by Gasteiger charge is 2.38. The van der Waals surface area contributed by atoms with Gasteiger partial charge in [-0.1, -0.05) is 0 Å². The van der Waals surface area contributed by atoms with Crippen LogP contribution in [0, 0.1) is 6.92 Å². The number of nitrogens with zero attached hydrogens (tertiary/aromatic N) is 2. The molecule has 2 saturated heterocycles. The first-order chi connectivity index (χ1) is 16.7. The zero-order chi connectivity index (χ0) is 23.1. The molecule has 2 aliphatic heterocycles. The maximum atomic E-state index is 6.16. The van der Waals surface area contributed by atoms with Gasteiger partial charge in [-0.25, -0.2) is 9.97 Å². The second-order valence-corrected chi connectivity index (χ2v) is 8.63. The van der Waals surface area contributed by atoms with Crippen LogP contribution in [0.1, 0.15) is 18.4 Å². The summed E-state index contributed by atoms with van der Waals surface area (Å²) < 4.78 is 28.9. The lowest BCUT2D eigenvalue weighted by atomic mass is 10.1. The van der Waals surface area contributed by atoms with Gasteiger partial charge in [0, 0.05) is 29.2 Å². The summed E-state index contributed by atoms with van der Waals surface area (Å²) in [6.07, 6.45) is 5.37. The smallest absolute Gasteiger partial charge is 0.230 e. The molecule has 2 aromatic heterocycles. The summed E-state index contributed by atoms with van der Waals surface area (Å²) in [5, 5.41) is 5.30. The zero-order valence-electron chi connectivity index (χ0n) is 19.0. The molecule has 4 heterocycles. The van der Waals surface area contributed by atoms with Crippen LogP contribution in [0.2, 0.25) is 0 Å². The molecule has 4 aromatic rings. The van der Waals surface area contributed by atoms with Gasteiger partial charge < -0.3 is 28.7 Å². The van der Waals surface area contributed by atoms with Crippen LogP contribution in [0.5, 0.6) is 23.1 Å². The van der Waals surface area contributed by atoms with Crippen molar-refractivity contribution in [1.29, 1.82) is 0 Å². The summed E-state index contributed by atoms with van der Waals surface area (Å²) in [5.41, 5.74) is 2.94. The van der Waals surface area contributed by atoms with E-state index in [4.69, 9.17) is 23.7 Å². The number of hydrogen-bond acceptors (Lipinski definition) is 8. The van der Waals surface area contributed by atoms with Crippen molar-refractivity contribution in [1.82, 2.24) is 20.3 Å². The fraction of sp³-hybridized carbons (Fsp3) is 0.360. The van der Waals surface area contributed by atoms with E-state index in [1.807, 2.05) is 36.5 Å². The van der Waals surface area contributed by atoms with Crippen LogP contribution in [-0.4, -0.2) is 53.8 Å². The van der Waals surface area contributed by atoms with Gasteiger partial charge in [0.25, 0.3) is 0 Å². The van der Waals surface area contributed by atoms with E-state index < -0.39 is 0 Å². The molecule has 0 amide bonds. The van der Waals surface area contributed by atoms with Crippen molar-refractivity contribution in [3.63, 3.8) is 0 Å². The maximum absolute atomic E-state index is 6.16. The third-order valence-electron chi connectivity index (χ3n) is 6.47. The Morgan fingerprint density at radius 3 is 2.91 bits per heavy atom. The van der Waals surface area contributed by atoms with Crippen molar-refractivity contribution in [2.24, 2.45) is 0 Å². The molecule has 9 heteroatoms. The molecule has 6 rings (SSSR count). The first-order valence-electron chi connectivity index (χ1n) is 11.4. The van der Waals surface area contributed by atoms with Crippen molar-refractivity contribution in [3.05, 3.63) is 48.4 Å². The summed E-state index contributed by atoms with van der Waals surface area (Å²) >= 11 is 0. The Balaban J connectivity index is 1.20. The van der Waals surface area contributed by atoms with Gasteiger partial charge in [-0.2, -0.15) is 0 Å². The van der Waals surface area contributed by atoms with E-state index in [0.717, 1.165) is 40.2 Å². The molecule has 2 fully saturated rings. The monoisotopic (exact) mass is 462 g/mol. The van der Waals surface area contributed by atoms with Crippen molar-refractivity contribution in [2.45, 2.75) is 38.1 Å². The first-order valence-corrected chi connectivity index (χ1v) is 11.4. The van der Waals surface area contributed by atoms with E-state index in [1.54, 1.807) is 7.11 Å². The fourth-order valence-electron chi connectivity index (χ4n) is 4.64. The molecule has 0 aliphatic carbocycles. The summed E-state index contributed by atoms with van der Waals surface area (Å²) in [5.74, 6) is 2.40. The summed E-state index contributed by atoms with van der Waals surface area (Å²) in [6.45, 7) is 2.96. The summed E-state index contributed by atoms with van der Waals surface area (Å²) in [7, 11) is 1.62. The Bertz CT molecular complexity index is 1330. The predicted octanol–water partition coefficient (Wildman–Crippen LogP) is 4.05. The third-order valence-corrected chi connectivity index (χ3v) is 6.47. The Morgan fingerprint density at radius 2 is 2.03 bits per heavy atom. The number of ether oxygens (including phenoxy) is 5. The number of aromatic nitrogens is 3. The lowest BCUT2D eigenvalue weighted by Gasteiger charge is -2.16. The Kier molecular flexibility index (Phi) is 5.44.